The first-order valence-electron chi connectivity index (χ1n) is 12.1. The number of carbonyl (C=O) groups is 4. The second-order valence-corrected chi connectivity index (χ2v) is 11.6. The normalized spacial score (nSPS) is 28.1. The van der Waals surface area contributed by atoms with Gasteiger partial charge in [-0.05, 0) is 56.8 Å². The molecule has 1 aliphatic heterocycles. The molecule has 2 aliphatic carbocycles. The Balaban J connectivity index is 1.77. The zero-order valence-electron chi connectivity index (χ0n) is 20.8. The lowest BCUT2D eigenvalue weighted by atomic mass is 9.77. The fourth-order valence-corrected chi connectivity index (χ4v) is 5.45. The van der Waals surface area contributed by atoms with Crippen molar-refractivity contribution in [3.8, 4) is 0 Å². The summed E-state index contributed by atoms with van der Waals surface area (Å²) in [6.45, 7) is 9.83. The van der Waals surface area contributed by atoms with Crippen molar-refractivity contribution in [1.29, 1.82) is 0 Å². The van der Waals surface area contributed by atoms with Crippen LogP contribution in [0.15, 0.2) is 0 Å². The van der Waals surface area contributed by atoms with Crippen LogP contribution < -0.4 is 27.4 Å². The average molecular weight is 481 g/mol. The number of fused-ring (bicyclic) bond motifs is 1. The topological polar surface area (TPSA) is 180 Å². The maximum atomic E-state index is 13.5. The lowest BCUT2D eigenvalue weighted by molar-refractivity contribution is -0.143. The third-order valence-corrected chi connectivity index (χ3v) is 7.69. The van der Waals surface area contributed by atoms with E-state index in [0.717, 1.165) is 19.3 Å². The molecule has 0 aromatic rings. The minimum absolute atomic E-state index is 0.0421. The molecule has 0 radical (unpaired) electrons. The molecule has 6 atom stereocenters. The van der Waals surface area contributed by atoms with Crippen LogP contribution in [-0.2, 0) is 14.4 Å². The van der Waals surface area contributed by atoms with E-state index in [1.165, 1.54) is 4.90 Å². The van der Waals surface area contributed by atoms with Crippen LogP contribution in [0.2, 0.25) is 0 Å². The second-order valence-electron chi connectivity index (χ2n) is 11.6. The molecule has 1 saturated heterocycles. The molecule has 0 aromatic carbocycles. The smallest absolute Gasteiger partial charge is 0.315 e. The number of nitrogens with two attached hydrogens (primary N) is 2. The molecule has 0 aromatic heterocycles. The molecular formula is C23H40N6O5. The van der Waals surface area contributed by atoms with Crippen LogP contribution in [0.1, 0.15) is 53.9 Å². The Morgan fingerprint density at radius 2 is 1.76 bits per heavy atom. The molecule has 0 spiro atoms. The number of urea groups is 1. The van der Waals surface area contributed by atoms with Crippen molar-refractivity contribution in [2.24, 2.45) is 34.6 Å². The summed E-state index contributed by atoms with van der Waals surface area (Å²) in [5.74, 6) is -1.70. The SMILES string of the molecule is CC(C)(C)NC(=O)N[C@@H](CN)C(=O)N1CC2C(C1C(=O)NC(C1CCC1)C(O)C(N)=O)C2(C)C. The Labute approximate surface area is 200 Å². The maximum absolute atomic E-state index is 13.5. The third-order valence-electron chi connectivity index (χ3n) is 7.69. The van der Waals surface area contributed by atoms with E-state index < -0.39 is 53.5 Å². The van der Waals surface area contributed by atoms with Gasteiger partial charge in [0.25, 0.3) is 0 Å². The number of primary amides is 1. The van der Waals surface area contributed by atoms with Gasteiger partial charge in [0.05, 0.1) is 6.04 Å². The van der Waals surface area contributed by atoms with Gasteiger partial charge in [0.15, 0.2) is 6.10 Å². The van der Waals surface area contributed by atoms with Crippen LogP contribution in [0.25, 0.3) is 0 Å². The number of piperidine rings is 1. The fraction of sp³-hybridized carbons (Fsp3) is 0.826. The van der Waals surface area contributed by atoms with Gasteiger partial charge in [0.2, 0.25) is 17.7 Å². The molecule has 0 bridgehead atoms. The van der Waals surface area contributed by atoms with E-state index in [1.807, 2.05) is 20.8 Å². The average Bonchev–Trinajstić information content (AvgIpc) is 3.02. The molecule has 2 saturated carbocycles. The zero-order chi connectivity index (χ0) is 25.6. The van der Waals surface area contributed by atoms with E-state index in [0.29, 0.717) is 6.54 Å². The van der Waals surface area contributed by atoms with Crippen LogP contribution in [0.4, 0.5) is 4.79 Å². The second kappa shape index (κ2) is 9.33. The molecular weight excluding hydrogens is 440 g/mol. The summed E-state index contributed by atoms with van der Waals surface area (Å²) < 4.78 is 0. The minimum atomic E-state index is -1.50. The molecule has 192 valence electrons. The van der Waals surface area contributed by atoms with Crippen molar-refractivity contribution in [3.05, 3.63) is 0 Å². The molecule has 3 fully saturated rings. The number of hydrogen-bond acceptors (Lipinski definition) is 6. The molecule has 3 aliphatic rings. The van der Waals surface area contributed by atoms with Gasteiger partial charge >= 0.3 is 6.03 Å². The molecule has 11 heteroatoms. The van der Waals surface area contributed by atoms with Crippen LogP contribution >= 0.6 is 0 Å². The summed E-state index contributed by atoms with van der Waals surface area (Å²) >= 11 is 0. The first-order valence-corrected chi connectivity index (χ1v) is 12.1. The van der Waals surface area contributed by atoms with Gasteiger partial charge in [-0.15, -0.1) is 0 Å². The van der Waals surface area contributed by atoms with Gasteiger partial charge in [0.1, 0.15) is 12.1 Å². The van der Waals surface area contributed by atoms with Crippen LogP contribution in [0.3, 0.4) is 0 Å². The lowest BCUT2D eigenvalue weighted by Gasteiger charge is -2.38. The van der Waals surface area contributed by atoms with Crippen molar-refractivity contribution < 1.29 is 24.3 Å². The Kier molecular flexibility index (Phi) is 7.19. The number of aliphatic hydroxyl groups excluding tert-OH is 1. The third kappa shape index (κ3) is 5.14. The van der Waals surface area contributed by atoms with Crippen LogP contribution in [0, 0.1) is 23.2 Å². The first kappa shape index (κ1) is 26.2. The largest absolute Gasteiger partial charge is 0.381 e. The van der Waals surface area contributed by atoms with Gasteiger partial charge in [0, 0.05) is 18.6 Å². The van der Waals surface area contributed by atoms with Gasteiger partial charge in [-0.1, -0.05) is 20.3 Å². The monoisotopic (exact) mass is 480 g/mol. The molecule has 11 nitrogen and oxygen atoms in total. The van der Waals surface area contributed by atoms with E-state index >= 15 is 0 Å². The number of amides is 5. The summed E-state index contributed by atoms with van der Waals surface area (Å²) in [7, 11) is 0. The van der Waals surface area contributed by atoms with Crippen molar-refractivity contribution in [2.45, 2.75) is 83.6 Å². The van der Waals surface area contributed by atoms with E-state index in [-0.39, 0.29) is 29.7 Å². The number of rotatable bonds is 8. The number of nitrogens with one attached hydrogen (secondary N) is 3. The quantitative estimate of drug-likeness (QED) is 0.260. The summed E-state index contributed by atoms with van der Waals surface area (Å²) in [6.07, 6.45) is 1.02. The number of nitrogens with zero attached hydrogens (tertiary/aromatic N) is 1. The number of likely N-dealkylation sites (tertiary alicyclic amines) is 1. The summed E-state index contributed by atoms with van der Waals surface area (Å²) in [4.78, 5) is 52.4. The highest BCUT2D eigenvalue weighted by atomic mass is 16.3. The van der Waals surface area contributed by atoms with Crippen molar-refractivity contribution in [3.63, 3.8) is 0 Å². The number of hydrogen-bond donors (Lipinski definition) is 6. The predicted octanol–water partition coefficient (Wildman–Crippen LogP) is -0.974. The molecule has 8 N–H and O–H groups in total. The van der Waals surface area contributed by atoms with Crippen LogP contribution in [-0.4, -0.2) is 76.6 Å². The molecule has 1 heterocycles. The van der Waals surface area contributed by atoms with Crippen molar-refractivity contribution in [1.82, 2.24) is 20.9 Å². The fourth-order valence-electron chi connectivity index (χ4n) is 5.45. The van der Waals surface area contributed by atoms with Gasteiger partial charge < -0.3 is 37.4 Å². The number of aliphatic hydroxyl groups is 1. The Morgan fingerprint density at radius 3 is 2.24 bits per heavy atom. The maximum Gasteiger partial charge on any atom is 0.315 e. The molecule has 3 rings (SSSR count). The first-order chi connectivity index (χ1) is 15.7. The highest BCUT2D eigenvalue weighted by Gasteiger charge is 2.69. The van der Waals surface area contributed by atoms with Crippen molar-refractivity contribution >= 4 is 23.8 Å². The lowest BCUT2D eigenvalue weighted by Crippen LogP contribution is -2.62. The van der Waals surface area contributed by atoms with E-state index in [2.05, 4.69) is 29.8 Å². The summed E-state index contributed by atoms with van der Waals surface area (Å²) in [5, 5.41) is 18.5. The van der Waals surface area contributed by atoms with E-state index in [4.69, 9.17) is 11.5 Å². The molecule has 5 amide bonds. The Morgan fingerprint density at radius 1 is 1.15 bits per heavy atom. The predicted molar refractivity (Wildman–Crippen MR) is 125 cm³/mol. The Hall–Kier alpha value is -2.40. The Bertz CT molecular complexity index is 836. The van der Waals surface area contributed by atoms with Gasteiger partial charge in [-0.3, -0.25) is 14.4 Å². The highest BCUT2D eigenvalue weighted by Crippen LogP contribution is 2.64. The molecule has 5 unspecified atom stereocenters. The summed E-state index contributed by atoms with van der Waals surface area (Å²) in [5.41, 5.74) is 10.5. The highest BCUT2D eigenvalue weighted by molar-refractivity contribution is 5.94. The van der Waals surface area contributed by atoms with E-state index in [9.17, 15) is 24.3 Å². The van der Waals surface area contributed by atoms with Gasteiger partial charge in [-0.25, -0.2) is 4.79 Å². The van der Waals surface area contributed by atoms with Gasteiger partial charge in [-0.2, -0.15) is 0 Å². The minimum Gasteiger partial charge on any atom is -0.381 e. The zero-order valence-corrected chi connectivity index (χ0v) is 20.8. The van der Waals surface area contributed by atoms with Crippen molar-refractivity contribution in [2.75, 3.05) is 13.1 Å². The standard InChI is InChI=1S/C23H40N6O5/c1-22(2,3)28-21(34)26-13(9-24)20(33)29-10-12-14(23(12,4)5)16(29)19(32)27-15(11-7-6-8-11)17(30)18(25)31/h11-17,30H,6-10,24H2,1-5H3,(H2,25,31)(H,27,32)(H2,26,28,34)/t12?,13-,14?,15?,16?,17?/m0/s1. The molecule has 34 heavy (non-hydrogen) atoms. The number of carbonyl (C=O) groups excluding carboxylic acids is 4. The van der Waals surface area contributed by atoms with Crippen LogP contribution in [0.5, 0.6) is 0 Å². The summed E-state index contributed by atoms with van der Waals surface area (Å²) in [6, 6.07) is -3.08. The van der Waals surface area contributed by atoms with E-state index in [1.54, 1.807) is 0 Å².